The van der Waals surface area contributed by atoms with Gasteiger partial charge in [0.25, 0.3) is 0 Å². The molecule has 0 saturated heterocycles. The zero-order chi connectivity index (χ0) is 22.1. The molecule has 0 aliphatic carbocycles. The Hall–Kier alpha value is -3.43. The summed E-state index contributed by atoms with van der Waals surface area (Å²) in [7, 11) is 0. The normalized spacial score (nSPS) is 13.7. The predicted molar refractivity (Wildman–Crippen MR) is 109 cm³/mol. The molecular formula is C21H25N3O6. The third-order valence-electron chi connectivity index (χ3n) is 4.44. The summed E-state index contributed by atoms with van der Waals surface area (Å²) in [4.78, 5) is 36.2. The van der Waals surface area contributed by atoms with Crippen molar-refractivity contribution >= 4 is 17.8 Å². The molecule has 0 heterocycles. The van der Waals surface area contributed by atoms with E-state index in [-0.39, 0.29) is 18.6 Å². The molecule has 3 atom stereocenters. The van der Waals surface area contributed by atoms with Crippen molar-refractivity contribution in [2.45, 2.75) is 31.0 Å². The van der Waals surface area contributed by atoms with Gasteiger partial charge in [-0.3, -0.25) is 9.59 Å². The lowest BCUT2D eigenvalue weighted by molar-refractivity contribution is -0.142. The molecule has 9 heteroatoms. The number of aromatic hydroxyl groups is 1. The summed E-state index contributed by atoms with van der Waals surface area (Å²) in [5.41, 5.74) is 7.28. The van der Waals surface area contributed by atoms with Crippen LogP contribution in [0, 0.1) is 0 Å². The number of aliphatic hydroxyl groups is 1. The lowest BCUT2D eigenvalue weighted by atomic mass is 10.0. The van der Waals surface area contributed by atoms with E-state index in [2.05, 4.69) is 10.6 Å². The summed E-state index contributed by atoms with van der Waals surface area (Å²) in [5, 5.41) is 32.8. The second-order valence-electron chi connectivity index (χ2n) is 6.81. The fourth-order valence-electron chi connectivity index (χ4n) is 2.77. The Labute approximate surface area is 173 Å². The number of carbonyl (C=O) groups excluding carboxylic acids is 2. The Kier molecular flexibility index (Phi) is 8.33. The smallest absolute Gasteiger partial charge is 0.326 e. The topological polar surface area (TPSA) is 162 Å². The van der Waals surface area contributed by atoms with E-state index in [0.717, 1.165) is 0 Å². The first-order valence-electron chi connectivity index (χ1n) is 9.32. The Morgan fingerprint density at radius 3 is 1.97 bits per heavy atom. The SMILES string of the molecule is NC(Cc1ccc(O)cc1)C(=O)NC(CO)C(=O)NC(Cc1ccccc1)C(=O)O. The van der Waals surface area contributed by atoms with Crippen molar-refractivity contribution in [3.8, 4) is 5.75 Å². The van der Waals surface area contributed by atoms with E-state index in [1.165, 1.54) is 12.1 Å². The number of aliphatic carboxylic acids is 1. The van der Waals surface area contributed by atoms with Crippen LogP contribution in [0.25, 0.3) is 0 Å². The molecule has 0 aliphatic heterocycles. The molecule has 0 fully saturated rings. The lowest BCUT2D eigenvalue weighted by Crippen LogP contribution is -2.56. The fraction of sp³-hybridized carbons (Fsp3) is 0.286. The van der Waals surface area contributed by atoms with Gasteiger partial charge in [0.1, 0.15) is 17.8 Å². The molecule has 0 bridgehead atoms. The van der Waals surface area contributed by atoms with Crippen molar-refractivity contribution in [3.05, 3.63) is 65.7 Å². The van der Waals surface area contributed by atoms with Crippen LogP contribution >= 0.6 is 0 Å². The van der Waals surface area contributed by atoms with E-state index >= 15 is 0 Å². The molecular weight excluding hydrogens is 390 g/mol. The minimum atomic E-state index is -1.35. The van der Waals surface area contributed by atoms with E-state index in [4.69, 9.17) is 5.73 Å². The first kappa shape index (κ1) is 22.9. The summed E-state index contributed by atoms with van der Waals surface area (Å²) in [6.45, 7) is -0.721. The molecule has 2 aromatic rings. The second kappa shape index (κ2) is 10.9. The molecule has 7 N–H and O–H groups in total. The quantitative estimate of drug-likeness (QED) is 0.306. The van der Waals surface area contributed by atoms with E-state index in [1.54, 1.807) is 42.5 Å². The molecule has 2 amide bonds. The minimum Gasteiger partial charge on any atom is -0.508 e. The summed E-state index contributed by atoms with van der Waals surface area (Å²) in [6, 6.07) is 11.3. The molecule has 9 nitrogen and oxygen atoms in total. The van der Waals surface area contributed by atoms with Crippen molar-refractivity contribution in [3.63, 3.8) is 0 Å². The van der Waals surface area contributed by atoms with Gasteiger partial charge in [-0.2, -0.15) is 0 Å². The van der Waals surface area contributed by atoms with E-state index < -0.39 is 42.5 Å². The maximum atomic E-state index is 12.4. The number of hydrogen-bond acceptors (Lipinski definition) is 6. The van der Waals surface area contributed by atoms with Crippen LogP contribution < -0.4 is 16.4 Å². The summed E-state index contributed by atoms with van der Waals surface area (Å²) >= 11 is 0. The number of nitrogens with two attached hydrogens (primary N) is 1. The highest BCUT2D eigenvalue weighted by atomic mass is 16.4. The number of carboxylic acids is 1. The van der Waals surface area contributed by atoms with E-state index in [9.17, 15) is 29.7 Å². The van der Waals surface area contributed by atoms with Crippen LogP contribution in [-0.2, 0) is 27.2 Å². The molecule has 0 aliphatic rings. The average Bonchev–Trinajstić information content (AvgIpc) is 2.73. The Morgan fingerprint density at radius 2 is 1.40 bits per heavy atom. The number of benzene rings is 2. The Morgan fingerprint density at radius 1 is 0.833 bits per heavy atom. The third kappa shape index (κ3) is 6.87. The number of nitrogens with one attached hydrogen (secondary N) is 2. The van der Waals surface area contributed by atoms with Gasteiger partial charge < -0.3 is 31.7 Å². The Bertz CT molecular complexity index is 857. The highest BCUT2D eigenvalue weighted by molar-refractivity contribution is 5.92. The molecule has 0 spiro atoms. The van der Waals surface area contributed by atoms with Gasteiger partial charge in [-0.05, 0) is 29.7 Å². The molecule has 2 aromatic carbocycles. The first-order chi connectivity index (χ1) is 14.3. The molecule has 0 radical (unpaired) electrons. The highest BCUT2D eigenvalue weighted by Crippen LogP contribution is 2.11. The fourth-order valence-corrected chi connectivity index (χ4v) is 2.77. The van der Waals surface area contributed by atoms with E-state index in [1.807, 2.05) is 0 Å². The van der Waals surface area contributed by atoms with Crippen molar-refractivity contribution in [2.75, 3.05) is 6.61 Å². The lowest BCUT2D eigenvalue weighted by Gasteiger charge is -2.21. The van der Waals surface area contributed by atoms with Gasteiger partial charge in [-0.25, -0.2) is 4.79 Å². The van der Waals surface area contributed by atoms with Gasteiger partial charge in [0.2, 0.25) is 11.8 Å². The Balaban J connectivity index is 1.95. The van der Waals surface area contributed by atoms with Crippen LogP contribution in [0.15, 0.2) is 54.6 Å². The minimum absolute atomic E-state index is 0.0500. The van der Waals surface area contributed by atoms with Gasteiger partial charge in [0.15, 0.2) is 0 Å². The summed E-state index contributed by atoms with van der Waals surface area (Å²) in [5.74, 6) is -2.66. The molecule has 3 unspecified atom stereocenters. The van der Waals surface area contributed by atoms with Crippen LogP contribution in [0.1, 0.15) is 11.1 Å². The third-order valence-corrected chi connectivity index (χ3v) is 4.44. The van der Waals surface area contributed by atoms with Crippen LogP contribution in [-0.4, -0.2) is 57.8 Å². The molecule has 0 saturated carbocycles. The van der Waals surface area contributed by atoms with Crippen LogP contribution in [0.2, 0.25) is 0 Å². The maximum Gasteiger partial charge on any atom is 0.326 e. The van der Waals surface area contributed by atoms with Crippen molar-refractivity contribution in [2.24, 2.45) is 5.73 Å². The maximum absolute atomic E-state index is 12.4. The van der Waals surface area contributed by atoms with Crippen molar-refractivity contribution in [1.29, 1.82) is 0 Å². The standard InChI is InChI=1S/C21H25N3O6/c22-16(10-14-6-8-15(26)9-7-14)19(27)24-18(12-25)20(28)23-17(21(29)30)11-13-4-2-1-3-5-13/h1-9,16-18,25-26H,10-12,22H2,(H,23,28)(H,24,27)(H,29,30). The number of hydrogen-bond donors (Lipinski definition) is 6. The second-order valence-corrected chi connectivity index (χ2v) is 6.81. The average molecular weight is 415 g/mol. The van der Waals surface area contributed by atoms with Gasteiger partial charge in [0, 0.05) is 6.42 Å². The molecule has 30 heavy (non-hydrogen) atoms. The molecule has 0 aromatic heterocycles. The van der Waals surface area contributed by atoms with Crippen LogP contribution in [0.5, 0.6) is 5.75 Å². The summed E-state index contributed by atoms with van der Waals surface area (Å²) in [6.07, 6.45) is 0.200. The first-order valence-corrected chi connectivity index (χ1v) is 9.32. The zero-order valence-electron chi connectivity index (χ0n) is 16.2. The zero-order valence-corrected chi connectivity index (χ0v) is 16.2. The van der Waals surface area contributed by atoms with E-state index in [0.29, 0.717) is 11.1 Å². The number of rotatable bonds is 10. The monoisotopic (exact) mass is 415 g/mol. The van der Waals surface area contributed by atoms with Gasteiger partial charge in [0.05, 0.1) is 12.6 Å². The predicted octanol–water partition coefficient (Wildman–Crippen LogP) is -0.449. The largest absolute Gasteiger partial charge is 0.508 e. The van der Waals surface area contributed by atoms with Gasteiger partial charge in [-0.1, -0.05) is 42.5 Å². The van der Waals surface area contributed by atoms with Crippen molar-refractivity contribution < 1.29 is 29.7 Å². The van der Waals surface area contributed by atoms with Crippen LogP contribution in [0.3, 0.4) is 0 Å². The number of phenols is 1. The number of amides is 2. The number of phenolic OH excluding ortho intramolecular Hbond substituents is 1. The number of carbonyl (C=O) groups is 3. The van der Waals surface area contributed by atoms with Crippen LogP contribution in [0.4, 0.5) is 0 Å². The molecule has 2 rings (SSSR count). The highest BCUT2D eigenvalue weighted by Gasteiger charge is 2.27. The van der Waals surface area contributed by atoms with Gasteiger partial charge in [-0.15, -0.1) is 0 Å². The number of aliphatic hydroxyl groups excluding tert-OH is 1. The van der Waals surface area contributed by atoms with Gasteiger partial charge >= 0.3 is 5.97 Å². The number of carboxylic acid groups (broad SMARTS) is 1. The summed E-state index contributed by atoms with van der Waals surface area (Å²) < 4.78 is 0. The van der Waals surface area contributed by atoms with Crippen molar-refractivity contribution in [1.82, 2.24) is 10.6 Å². The molecule has 160 valence electrons.